The number of piperidine rings is 1. The normalized spacial score (nSPS) is 14.6. The van der Waals surface area contributed by atoms with E-state index in [9.17, 15) is 4.79 Å². The van der Waals surface area contributed by atoms with Gasteiger partial charge in [0.15, 0.2) is 5.96 Å². The minimum Gasteiger partial charge on any atom is -0.369 e. The summed E-state index contributed by atoms with van der Waals surface area (Å²) in [6.45, 7) is 5.42. The van der Waals surface area contributed by atoms with Crippen molar-refractivity contribution in [2.24, 2.45) is 16.6 Å². The molecule has 0 unspecified atom stereocenters. The van der Waals surface area contributed by atoms with Gasteiger partial charge in [-0.1, -0.05) is 35.9 Å². The number of carbonyl (C=O) groups excluding carboxylic acids is 1. The molecule has 9 heteroatoms. The van der Waals surface area contributed by atoms with Gasteiger partial charge in [-0.25, -0.2) is 9.98 Å². The second-order valence-corrected chi connectivity index (χ2v) is 7.70. The second kappa shape index (κ2) is 12.7. The highest BCUT2D eigenvalue weighted by Gasteiger charge is 2.24. The number of amides is 1. The molecule has 2 aromatic rings. The van der Waals surface area contributed by atoms with Crippen LogP contribution in [0, 0.1) is 5.92 Å². The van der Waals surface area contributed by atoms with E-state index < -0.39 is 0 Å². The summed E-state index contributed by atoms with van der Waals surface area (Å²) in [4.78, 5) is 23.0. The SMILES string of the molecule is CCNC(=NCc1cccnc1N1CCC(C(N)=O)CC1)NCc1ccccc1Cl.I. The quantitative estimate of drug-likeness (QED) is 0.276. The van der Waals surface area contributed by atoms with Gasteiger partial charge in [-0.15, -0.1) is 24.0 Å². The molecule has 0 saturated carbocycles. The highest BCUT2D eigenvalue weighted by molar-refractivity contribution is 14.0. The minimum atomic E-state index is -0.208. The Balaban J connectivity index is 0.00000341. The van der Waals surface area contributed by atoms with Gasteiger partial charge in [0.1, 0.15) is 5.82 Å². The monoisotopic (exact) mass is 556 g/mol. The number of nitrogens with two attached hydrogens (primary N) is 1. The van der Waals surface area contributed by atoms with Crippen LogP contribution in [0.15, 0.2) is 47.6 Å². The highest BCUT2D eigenvalue weighted by atomic mass is 127. The Morgan fingerprint density at radius 1 is 1.19 bits per heavy atom. The van der Waals surface area contributed by atoms with Gasteiger partial charge >= 0.3 is 0 Å². The molecule has 1 saturated heterocycles. The molecule has 0 atom stereocenters. The number of benzene rings is 1. The Morgan fingerprint density at radius 3 is 2.58 bits per heavy atom. The predicted octanol–water partition coefficient (Wildman–Crippen LogP) is 3.31. The number of nitrogens with one attached hydrogen (secondary N) is 2. The zero-order valence-electron chi connectivity index (χ0n) is 17.7. The lowest BCUT2D eigenvalue weighted by Crippen LogP contribution is -2.39. The largest absolute Gasteiger partial charge is 0.369 e. The van der Waals surface area contributed by atoms with Crippen molar-refractivity contribution in [1.29, 1.82) is 0 Å². The number of carbonyl (C=O) groups is 1. The van der Waals surface area contributed by atoms with Crippen LogP contribution < -0.4 is 21.3 Å². The van der Waals surface area contributed by atoms with Crippen LogP contribution in [-0.4, -0.2) is 36.5 Å². The number of hydrogen-bond acceptors (Lipinski definition) is 4. The molecule has 168 valence electrons. The molecule has 0 radical (unpaired) electrons. The standard InChI is InChI=1S/C22H29ClN6O.HI/c1-2-25-22(27-14-17-6-3-4-8-19(17)23)28-15-18-7-5-11-26-21(18)29-12-9-16(10-13-29)20(24)30;/h3-8,11,16H,2,9-10,12-15H2,1H3,(H2,24,30)(H2,25,27,28);1H. The van der Waals surface area contributed by atoms with Crippen molar-refractivity contribution in [3.8, 4) is 0 Å². The molecule has 1 aromatic carbocycles. The van der Waals surface area contributed by atoms with Crippen molar-refractivity contribution < 1.29 is 4.79 Å². The minimum absolute atomic E-state index is 0. The van der Waals surface area contributed by atoms with Crippen LogP contribution >= 0.6 is 35.6 Å². The number of primary amides is 1. The average Bonchev–Trinajstić information content (AvgIpc) is 2.77. The summed E-state index contributed by atoms with van der Waals surface area (Å²) in [6.07, 6.45) is 3.32. The van der Waals surface area contributed by atoms with Crippen LogP contribution in [0.2, 0.25) is 5.02 Å². The number of aromatic nitrogens is 1. The van der Waals surface area contributed by atoms with Crippen LogP contribution in [0.3, 0.4) is 0 Å². The molecule has 2 heterocycles. The number of nitrogens with zero attached hydrogens (tertiary/aromatic N) is 3. The van der Waals surface area contributed by atoms with E-state index in [1.54, 1.807) is 6.20 Å². The van der Waals surface area contributed by atoms with Gasteiger partial charge in [0.05, 0.1) is 6.54 Å². The van der Waals surface area contributed by atoms with Crippen LogP contribution in [0.25, 0.3) is 0 Å². The summed E-state index contributed by atoms with van der Waals surface area (Å²) >= 11 is 6.25. The molecule has 4 N–H and O–H groups in total. The first-order valence-electron chi connectivity index (χ1n) is 10.3. The number of aliphatic imine (C=N–C) groups is 1. The fourth-order valence-corrected chi connectivity index (χ4v) is 3.74. The van der Waals surface area contributed by atoms with Crippen molar-refractivity contribution >= 4 is 53.3 Å². The first-order chi connectivity index (χ1) is 14.6. The molecule has 31 heavy (non-hydrogen) atoms. The first-order valence-corrected chi connectivity index (χ1v) is 10.7. The van der Waals surface area contributed by atoms with Crippen molar-refractivity contribution in [2.45, 2.75) is 32.9 Å². The summed E-state index contributed by atoms with van der Waals surface area (Å²) in [7, 11) is 0. The van der Waals surface area contributed by atoms with Crippen LogP contribution in [0.4, 0.5) is 5.82 Å². The van der Waals surface area contributed by atoms with E-state index in [1.165, 1.54) is 0 Å². The maximum Gasteiger partial charge on any atom is 0.220 e. The molecular weight excluding hydrogens is 527 g/mol. The van der Waals surface area contributed by atoms with Crippen LogP contribution in [-0.2, 0) is 17.9 Å². The third kappa shape index (κ3) is 7.24. The smallest absolute Gasteiger partial charge is 0.220 e. The Hall–Kier alpha value is -2.07. The van der Waals surface area contributed by atoms with Crippen molar-refractivity contribution in [3.63, 3.8) is 0 Å². The molecule has 7 nitrogen and oxygen atoms in total. The molecule has 1 amide bonds. The fraction of sp³-hybridized carbons (Fsp3) is 0.409. The highest BCUT2D eigenvalue weighted by Crippen LogP contribution is 2.25. The summed E-state index contributed by atoms with van der Waals surface area (Å²) in [6, 6.07) is 11.7. The Morgan fingerprint density at radius 2 is 1.90 bits per heavy atom. The van der Waals surface area contributed by atoms with E-state index in [1.807, 2.05) is 43.3 Å². The van der Waals surface area contributed by atoms with E-state index in [-0.39, 0.29) is 35.8 Å². The second-order valence-electron chi connectivity index (χ2n) is 7.29. The lowest BCUT2D eigenvalue weighted by molar-refractivity contribution is -0.122. The number of rotatable bonds is 7. The zero-order chi connectivity index (χ0) is 21.3. The molecule has 0 bridgehead atoms. The zero-order valence-corrected chi connectivity index (χ0v) is 20.8. The topological polar surface area (TPSA) is 95.6 Å². The molecule has 1 fully saturated rings. The fourth-order valence-electron chi connectivity index (χ4n) is 3.54. The molecule has 1 aliphatic rings. The van der Waals surface area contributed by atoms with Gasteiger partial charge in [0, 0.05) is 48.9 Å². The summed E-state index contributed by atoms with van der Waals surface area (Å²) in [5, 5.41) is 7.34. The Labute approximate surface area is 205 Å². The van der Waals surface area contributed by atoms with Crippen molar-refractivity contribution in [3.05, 3.63) is 58.7 Å². The van der Waals surface area contributed by atoms with Crippen molar-refractivity contribution in [2.75, 3.05) is 24.5 Å². The lowest BCUT2D eigenvalue weighted by atomic mass is 9.96. The molecule has 3 rings (SSSR count). The van der Waals surface area contributed by atoms with Gasteiger partial charge in [0.25, 0.3) is 0 Å². The van der Waals surface area contributed by atoms with Crippen molar-refractivity contribution in [1.82, 2.24) is 15.6 Å². The number of guanidine groups is 1. The number of halogens is 2. The molecule has 0 spiro atoms. The summed E-state index contributed by atoms with van der Waals surface area (Å²) in [5.74, 6) is 1.40. The van der Waals surface area contributed by atoms with Gasteiger partial charge in [-0.05, 0) is 37.5 Å². The van der Waals surface area contributed by atoms with E-state index in [2.05, 4.69) is 20.5 Å². The maximum atomic E-state index is 11.4. The van der Waals surface area contributed by atoms with Gasteiger partial charge in [0.2, 0.25) is 5.91 Å². The molecule has 1 aromatic heterocycles. The number of hydrogen-bond donors (Lipinski definition) is 3. The van der Waals surface area contributed by atoms with E-state index in [4.69, 9.17) is 22.3 Å². The van der Waals surface area contributed by atoms with Crippen LogP contribution in [0.1, 0.15) is 30.9 Å². The summed E-state index contributed by atoms with van der Waals surface area (Å²) < 4.78 is 0. The van der Waals surface area contributed by atoms with E-state index in [0.29, 0.717) is 13.1 Å². The van der Waals surface area contributed by atoms with Crippen LogP contribution in [0.5, 0.6) is 0 Å². The summed E-state index contributed by atoms with van der Waals surface area (Å²) in [5.41, 5.74) is 7.52. The average molecular weight is 557 g/mol. The molecular formula is C22H30ClIN6O. The van der Waals surface area contributed by atoms with Gasteiger partial charge in [-0.3, -0.25) is 4.79 Å². The Kier molecular flexibility index (Phi) is 10.3. The predicted molar refractivity (Wildman–Crippen MR) is 137 cm³/mol. The Bertz CT molecular complexity index is 886. The van der Waals surface area contributed by atoms with E-state index >= 15 is 0 Å². The first kappa shape index (κ1) is 25.2. The third-order valence-electron chi connectivity index (χ3n) is 5.22. The van der Waals surface area contributed by atoms with Gasteiger partial charge in [-0.2, -0.15) is 0 Å². The van der Waals surface area contributed by atoms with Gasteiger partial charge < -0.3 is 21.3 Å². The maximum absolute atomic E-state index is 11.4. The van der Waals surface area contributed by atoms with E-state index in [0.717, 1.165) is 60.4 Å². The molecule has 1 aliphatic heterocycles. The number of anilines is 1. The number of pyridine rings is 1. The third-order valence-corrected chi connectivity index (χ3v) is 5.59. The molecule has 0 aliphatic carbocycles. The lowest BCUT2D eigenvalue weighted by Gasteiger charge is -2.32.